The monoisotopic (exact) mass is 508 g/mol. The lowest BCUT2D eigenvalue weighted by Crippen LogP contribution is -2.31. The Balaban J connectivity index is 1.74. The third-order valence-electron chi connectivity index (χ3n) is 5.30. The molecule has 2 aromatic carbocycles. The molecule has 0 amide bonds. The van der Waals surface area contributed by atoms with E-state index >= 15 is 0 Å². The molecule has 1 saturated carbocycles. The molecule has 29 heavy (non-hydrogen) atoms. The van der Waals surface area contributed by atoms with E-state index in [0.29, 0.717) is 22.0 Å². The summed E-state index contributed by atoms with van der Waals surface area (Å²) in [4.78, 5) is 8.75. The minimum absolute atomic E-state index is 0.363. The lowest BCUT2D eigenvalue weighted by atomic mass is 10.0. The molecule has 1 fully saturated rings. The zero-order valence-electron chi connectivity index (χ0n) is 16.5. The molecule has 0 N–H and O–H groups in total. The van der Waals surface area contributed by atoms with Crippen LogP contribution in [-0.2, 0) is 0 Å². The van der Waals surface area contributed by atoms with E-state index in [2.05, 4.69) is 58.9 Å². The van der Waals surface area contributed by atoms with Crippen molar-refractivity contribution in [1.82, 2.24) is 4.98 Å². The summed E-state index contributed by atoms with van der Waals surface area (Å²) in [5.41, 5.74) is 3.26. The van der Waals surface area contributed by atoms with Crippen LogP contribution in [0.25, 0.3) is 11.3 Å². The standard InChI is InChI=1S/C23H23BrCl2N2S/c1-3-12-28(22(15-4-5-15)16-6-8-17(24)9-7-16)23-27-21(14(2)29-23)19-11-10-18(25)13-20(19)26/h6-11,13,15,22H,3-5,12H2,1-2H3. The fourth-order valence-corrected chi connectivity index (χ4v) is 5.56. The van der Waals surface area contributed by atoms with Gasteiger partial charge in [0.1, 0.15) is 0 Å². The maximum Gasteiger partial charge on any atom is 0.186 e. The minimum atomic E-state index is 0.363. The molecule has 0 radical (unpaired) electrons. The van der Waals surface area contributed by atoms with E-state index in [1.807, 2.05) is 12.1 Å². The van der Waals surface area contributed by atoms with Crippen LogP contribution in [0, 0.1) is 12.8 Å². The van der Waals surface area contributed by atoms with Crippen LogP contribution in [0.4, 0.5) is 5.13 Å². The van der Waals surface area contributed by atoms with Crippen molar-refractivity contribution in [2.45, 2.75) is 39.2 Å². The van der Waals surface area contributed by atoms with Crippen LogP contribution in [0.1, 0.15) is 42.7 Å². The van der Waals surface area contributed by atoms with Gasteiger partial charge in [0.2, 0.25) is 0 Å². The summed E-state index contributed by atoms with van der Waals surface area (Å²) in [6, 6.07) is 14.8. The van der Waals surface area contributed by atoms with Crippen molar-refractivity contribution in [3.63, 3.8) is 0 Å². The Bertz CT molecular complexity index is 999. The molecule has 1 aliphatic carbocycles. The molecule has 152 valence electrons. The van der Waals surface area contributed by atoms with Gasteiger partial charge >= 0.3 is 0 Å². The highest BCUT2D eigenvalue weighted by molar-refractivity contribution is 9.10. The number of hydrogen-bond donors (Lipinski definition) is 0. The molecule has 1 aliphatic rings. The summed E-state index contributed by atoms with van der Waals surface area (Å²) in [5, 5.41) is 2.36. The number of rotatable bonds is 7. The van der Waals surface area contributed by atoms with Crippen LogP contribution in [0.15, 0.2) is 46.9 Å². The van der Waals surface area contributed by atoms with Crippen LogP contribution in [0.3, 0.4) is 0 Å². The quantitative estimate of drug-likeness (QED) is 0.317. The second kappa shape index (κ2) is 8.97. The molecule has 4 rings (SSSR count). The fraction of sp³-hybridized carbons (Fsp3) is 0.348. The van der Waals surface area contributed by atoms with Gasteiger partial charge < -0.3 is 4.90 Å². The van der Waals surface area contributed by atoms with Crippen LogP contribution in [0.2, 0.25) is 10.0 Å². The van der Waals surface area contributed by atoms with Gasteiger partial charge in [-0.2, -0.15) is 0 Å². The van der Waals surface area contributed by atoms with Gasteiger partial charge in [0.25, 0.3) is 0 Å². The SMILES string of the molecule is CCCN(c1nc(-c2ccc(Cl)cc2Cl)c(C)s1)C(c1ccc(Br)cc1)C1CC1. The van der Waals surface area contributed by atoms with Gasteiger partial charge in [-0.15, -0.1) is 11.3 Å². The topological polar surface area (TPSA) is 16.1 Å². The van der Waals surface area contributed by atoms with Gasteiger partial charge in [0, 0.05) is 26.5 Å². The summed E-state index contributed by atoms with van der Waals surface area (Å²) in [5.74, 6) is 0.689. The van der Waals surface area contributed by atoms with Crippen molar-refractivity contribution < 1.29 is 0 Å². The van der Waals surface area contributed by atoms with E-state index in [1.54, 1.807) is 17.4 Å². The van der Waals surface area contributed by atoms with Crippen molar-refractivity contribution in [3.8, 4) is 11.3 Å². The average Bonchev–Trinajstić information content (AvgIpc) is 3.45. The van der Waals surface area contributed by atoms with E-state index in [1.165, 1.54) is 23.3 Å². The number of aromatic nitrogens is 1. The molecular formula is C23H23BrCl2N2S. The third kappa shape index (κ3) is 4.66. The summed E-state index contributed by atoms with van der Waals surface area (Å²) < 4.78 is 1.11. The van der Waals surface area contributed by atoms with Crippen molar-refractivity contribution in [2.75, 3.05) is 11.4 Å². The van der Waals surface area contributed by atoms with Crippen molar-refractivity contribution in [2.24, 2.45) is 5.92 Å². The largest absolute Gasteiger partial charge is 0.341 e. The number of halogens is 3. The first-order valence-electron chi connectivity index (χ1n) is 9.93. The molecule has 1 aromatic heterocycles. The Morgan fingerprint density at radius 1 is 1.17 bits per heavy atom. The Morgan fingerprint density at radius 3 is 2.52 bits per heavy atom. The second-order valence-electron chi connectivity index (χ2n) is 7.55. The highest BCUT2D eigenvalue weighted by Crippen LogP contribution is 2.48. The molecule has 0 saturated heterocycles. The Hall–Kier alpha value is -1.07. The maximum atomic E-state index is 6.48. The van der Waals surface area contributed by atoms with Gasteiger partial charge in [-0.25, -0.2) is 4.98 Å². The van der Waals surface area contributed by atoms with E-state index < -0.39 is 0 Å². The molecule has 0 spiro atoms. The number of thiazole rings is 1. The van der Waals surface area contributed by atoms with Crippen LogP contribution >= 0.6 is 50.5 Å². The van der Waals surface area contributed by atoms with Crippen LogP contribution in [-0.4, -0.2) is 11.5 Å². The lowest BCUT2D eigenvalue weighted by Gasteiger charge is -2.32. The van der Waals surface area contributed by atoms with E-state index in [4.69, 9.17) is 28.2 Å². The van der Waals surface area contributed by atoms with Crippen LogP contribution < -0.4 is 4.90 Å². The third-order valence-corrected chi connectivity index (χ3v) is 7.38. The highest BCUT2D eigenvalue weighted by Gasteiger charge is 2.37. The molecule has 2 nitrogen and oxygen atoms in total. The predicted molar refractivity (Wildman–Crippen MR) is 130 cm³/mol. The van der Waals surface area contributed by atoms with Gasteiger partial charge in [0.15, 0.2) is 5.13 Å². The molecule has 1 heterocycles. The number of nitrogens with zero attached hydrogens (tertiary/aromatic N) is 2. The molecule has 1 unspecified atom stereocenters. The van der Waals surface area contributed by atoms with E-state index in [0.717, 1.165) is 33.8 Å². The van der Waals surface area contributed by atoms with Gasteiger partial charge in [-0.1, -0.05) is 58.2 Å². The minimum Gasteiger partial charge on any atom is -0.341 e. The number of benzene rings is 2. The highest BCUT2D eigenvalue weighted by atomic mass is 79.9. The molecule has 0 aliphatic heterocycles. The van der Waals surface area contributed by atoms with E-state index in [-0.39, 0.29) is 0 Å². The second-order valence-corrected chi connectivity index (χ2v) is 10.5. The smallest absolute Gasteiger partial charge is 0.186 e. The molecule has 1 atom stereocenters. The summed E-state index contributed by atoms with van der Waals surface area (Å²) in [6.07, 6.45) is 3.64. The van der Waals surface area contributed by atoms with Gasteiger partial charge in [-0.3, -0.25) is 0 Å². The molecule has 0 bridgehead atoms. The van der Waals surface area contributed by atoms with Crippen molar-refractivity contribution >= 4 is 55.6 Å². The summed E-state index contributed by atoms with van der Waals surface area (Å²) in [7, 11) is 0. The lowest BCUT2D eigenvalue weighted by molar-refractivity contribution is 0.551. The van der Waals surface area contributed by atoms with E-state index in [9.17, 15) is 0 Å². The molecular weight excluding hydrogens is 487 g/mol. The summed E-state index contributed by atoms with van der Waals surface area (Å²) in [6.45, 7) is 5.34. The van der Waals surface area contributed by atoms with Crippen molar-refractivity contribution in [1.29, 1.82) is 0 Å². The normalized spacial score (nSPS) is 14.8. The van der Waals surface area contributed by atoms with Gasteiger partial charge in [0.05, 0.1) is 16.8 Å². The summed E-state index contributed by atoms with van der Waals surface area (Å²) >= 11 is 17.9. The van der Waals surface area contributed by atoms with Gasteiger partial charge in [-0.05, 0) is 68.0 Å². The first-order valence-corrected chi connectivity index (χ1v) is 12.3. The maximum absolute atomic E-state index is 6.48. The van der Waals surface area contributed by atoms with Crippen molar-refractivity contribution in [3.05, 3.63) is 67.4 Å². The molecule has 3 aromatic rings. The average molecular weight is 510 g/mol. The number of hydrogen-bond acceptors (Lipinski definition) is 3. The first-order chi connectivity index (χ1) is 14.0. The first kappa shape index (κ1) is 21.2. The Labute approximate surface area is 195 Å². The number of anilines is 1. The predicted octanol–water partition coefficient (Wildman–Crippen LogP) is 8.56. The fourth-order valence-electron chi connectivity index (χ4n) is 3.81. The molecule has 6 heteroatoms. The Morgan fingerprint density at radius 2 is 1.90 bits per heavy atom. The number of aryl methyl sites for hydroxylation is 1. The van der Waals surface area contributed by atoms with Crippen LogP contribution in [0.5, 0.6) is 0 Å². The zero-order valence-corrected chi connectivity index (χ0v) is 20.4. The zero-order chi connectivity index (χ0) is 20.5. The Kier molecular flexibility index (Phi) is 6.55.